The zero-order valence-corrected chi connectivity index (χ0v) is 14.4. The highest BCUT2D eigenvalue weighted by Crippen LogP contribution is 2.34. The molecule has 0 atom stereocenters. The van der Waals surface area contributed by atoms with Gasteiger partial charge in [0.25, 0.3) is 0 Å². The summed E-state index contributed by atoms with van der Waals surface area (Å²) in [4.78, 5) is 0. The van der Waals surface area contributed by atoms with E-state index in [-0.39, 0.29) is 0 Å². The summed E-state index contributed by atoms with van der Waals surface area (Å²) in [5, 5.41) is 9.93. The molecule has 0 aliphatic heterocycles. The zero-order chi connectivity index (χ0) is 17.6. The standard InChI is InChI=1S/C23H19NO/c1-17-15-20(25-2)13-14-21(17)23(19-11-7-4-8-12-19)22(16-24)18-9-5-3-6-10-18/h3-15H,1-2H3/b23-22+. The first kappa shape index (κ1) is 16.5. The Morgan fingerprint density at radius 1 is 0.840 bits per heavy atom. The third kappa shape index (κ3) is 3.46. The van der Waals surface area contributed by atoms with E-state index < -0.39 is 0 Å². The lowest BCUT2D eigenvalue weighted by Gasteiger charge is -2.15. The minimum Gasteiger partial charge on any atom is -0.497 e. The lowest BCUT2D eigenvalue weighted by atomic mass is 9.88. The average molecular weight is 325 g/mol. The summed E-state index contributed by atoms with van der Waals surface area (Å²) in [6.07, 6.45) is 0. The quantitative estimate of drug-likeness (QED) is 0.469. The Morgan fingerprint density at radius 3 is 1.96 bits per heavy atom. The summed E-state index contributed by atoms with van der Waals surface area (Å²) >= 11 is 0. The Bertz CT molecular complexity index is 935. The Morgan fingerprint density at radius 2 is 1.44 bits per heavy atom. The van der Waals surface area contributed by atoms with Crippen LogP contribution in [0.5, 0.6) is 5.75 Å². The van der Waals surface area contributed by atoms with Crippen LogP contribution < -0.4 is 4.74 Å². The van der Waals surface area contributed by atoms with Gasteiger partial charge in [-0.2, -0.15) is 5.26 Å². The van der Waals surface area contributed by atoms with Crippen molar-refractivity contribution in [3.63, 3.8) is 0 Å². The van der Waals surface area contributed by atoms with Gasteiger partial charge in [-0.05, 0) is 41.3 Å². The molecule has 0 unspecified atom stereocenters. The van der Waals surface area contributed by atoms with Crippen molar-refractivity contribution in [3.05, 3.63) is 101 Å². The summed E-state index contributed by atoms with van der Waals surface area (Å²) in [5.41, 5.74) is 5.65. The monoisotopic (exact) mass is 325 g/mol. The van der Waals surface area contributed by atoms with E-state index in [2.05, 4.69) is 6.07 Å². The number of benzene rings is 3. The van der Waals surface area contributed by atoms with E-state index in [0.717, 1.165) is 33.6 Å². The van der Waals surface area contributed by atoms with E-state index in [9.17, 15) is 5.26 Å². The van der Waals surface area contributed by atoms with Crippen LogP contribution in [0.3, 0.4) is 0 Å². The lowest BCUT2D eigenvalue weighted by Crippen LogP contribution is -1.97. The molecular formula is C23H19NO. The largest absolute Gasteiger partial charge is 0.497 e. The van der Waals surface area contributed by atoms with Crippen LogP contribution >= 0.6 is 0 Å². The van der Waals surface area contributed by atoms with E-state index >= 15 is 0 Å². The van der Waals surface area contributed by atoms with Gasteiger partial charge in [0.05, 0.1) is 12.7 Å². The van der Waals surface area contributed by atoms with Gasteiger partial charge >= 0.3 is 0 Å². The smallest absolute Gasteiger partial charge is 0.119 e. The van der Waals surface area contributed by atoms with Crippen LogP contribution in [0.15, 0.2) is 78.9 Å². The molecule has 0 heterocycles. The molecule has 25 heavy (non-hydrogen) atoms. The van der Waals surface area contributed by atoms with Crippen molar-refractivity contribution in [1.29, 1.82) is 5.26 Å². The first-order chi connectivity index (χ1) is 12.2. The second kappa shape index (κ2) is 7.51. The molecule has 0 bridgehead atoms. The lowest BCUT2D eigenvalue weighted by molar-refractivity contribution is 0.414. The molecule has 3 rings (SSSR count). The van der Waals surface area contributed by atoms with E-state index in [4.69, 9.17) is 4.74 Å². The molecule has 0 N–H and O–H groups in total. The van der Waals surface area contributed by atoms with E-state index in [1.807, 2.05) is 85.8 Å². The normalized spacial score (nSPS) is 11.4. The van der Waals surface area contributed by atoms with Crippen molar-refractivity contribution in [3.8, 4) is 11.8 Å². The molecular weight excluding hydrogens is 306 g/mol. The SMILES string of the molecule is COc1ccc(/C(=C(\C#N)c2ccccc2)c2ccccc2)c(C)c1. The van der Waals surface area contributed by atoms with Gasteiger partial charge in [-0.15, -0.1) is 0 Å². The number of methoxy groups -OCH3 is 1. The molecule has 0 fully saturated rings. The number of nitriles is 1. The number of hydrogen-bond donors (Lipinski definition) is 0. The number of nitrogens with zero attached hydrogens (tertiary/aromatic N) is 1. The van der Waals surface area contributed by atoms with E-state index in [0.29, 0.717) is 5.57 Å². The van der Waals surface area contributed by atoms with Gasteiger partial charge in [0, 0.05) is 5.57 Å². The Hall–Kier alpha value is -3.31. The molecule has 2 heteroatoms. The molecule has 3 aromatic rings. The third-order valence-electron chi connectivity index (χ3n) is 4.19. The molecule has 122 valence electrons. The highest BCUT2D eigenvalue weighted by atomic mass is 16.5. The van der Waals surface area contributed by atoms with E-state index in [1.54, 1.807) is 7.11 Å². The van der Waals surface area contributed by atoms with Gasteiger partial charge in [0.15, 0.2) is 0 Å². The van der Waals surface area contributed by atoms with Gasteiger partial charge in [-0.3, -0.25) is 0 Å². The average Bonchev–Trinajstić information content (AvgIpc) is 2.68. The first-order valence-electron chi connectivity index (χ1n) is 8.15. The summed E-state index contributed by atoms with van der Waals surface area (Å²) in [6, 6.07) is 28.2. The molecule has 0 spiro atoms. The van der Waals surface area contributed by atoms with Gasteiger partial charge in [-0.25, -0.2) is 0 Å². The fourth-order valence-electron chi connectivity index (χ4n) is 2.95. The number of aryl methyl sites for hydroxylation is 1. The summed E-state index contributed by atoms with van der Waals surface area (Å²) in [5.74, 6) is 0.812. The van der Waals surface area contributed by atoms with Crippen molar-refractivity contribution in [2.75, 3.05) is 7.11 Å². The van der Waals surface area contributed by atoms with Gasteiger partial charge < -0.3 is 4.74 Å². The van der Waals surface area contributed by atoms with Crippen LogP contribution in [0.2, 0.25) is 0 Å². The van der Waals surface area contributed by atoms with Crippen LogP contribution in [0.1, 0.15) is 22.3 Å². The predicted octanol–water partition coefficient (Wildman–Crippen LogP) is 5.49. The Kier molecular flexibility index (Phi) is 4.97. The molecule has 0 aromatic heterocycles. The second-order valence-corrected chi connectivity index (χ2v) is 5.77. The van der Waals surface area contributed by atoms with E-state index in [1.165, 1.54) is 0 Å². The molecule has 0 aliphatic carbocycles. The summed E-state index contributed by atoms with van der Waals surface area (Å²) in [6.45, 7) is 2.04. The van der Waals surface area contributed by atoms with Crippen LogP contribution in [0.25, 0.3) is 11.1 Å². The minimum absolute atomic E-state index is 0.667. The second-order valence-electron chi connectivity index (χ2n) is 5.77. The molecule has 3 aromatic carbocycles. The molecule has 0 aliphatic rings. The highest BCUT2D eigenvalue weighted by Gasteiger charge is 2.16. The van der Waals surface area contributed by atoms with Crippen LogP contribution in [-0.4, -0.2) is 7.11 Å². The fourth-order valence-corrected chi connectivity index (χ4v) is 2.95. The number of rotatable bonds is 4. The maximum Gasteiger partial charge on any atom is 0.119 e. The van der Waals surface area contributed by atoms with Gasteiger partial charge in [0.2, 0.25) is 0 Å². The third-order valence-corrected chi connectivity index (χ3v) is 4.19. The molecule has 0 radical (unpaired) electrons. The highest BCUT2D eigenvalue weighted by molar-refractivity contribution is 6.04. The van der Waals surface area contributed by atoms with Crippen molar-refractivity contribution in [2.24, 2.45) is 0 Å². The van der Waals surface area contributed by atoms with Crippen LogP contribution in [0.4, 0.5) is 0 Å². The van der Waals surface area contributed by atoms with Crippen molar-refractivity contribution < 1.29 is 4.74 Å². The van der Waals surface area contributed by atoms with Crippen LogP contribution in [-0.2, 0) is 0 Å². The van der Waals surface area contributed by atoms with Crippen molar-refractivity contribution in [2.45, 2.75) is 6.92 Å². The fraction of sp³-hybridized carbons (Fsp3) is 0.0870. The first-order valence-corrected chi connectivity index (χ1v) is 8.15. The molecule has 2 nitrogen and oxygen atoms in total. The number of allylic oxidation sites excluding steroid dienone is 1. The number of ether oxygens (including phenoxy) is 1. The molecule has 0 saturated carbocycles. The maximum atomic E-state index is 9.93. The molecule has 0 amide bonds. The Balaban J connectivity index is 2.32. The topological polar surface area (TPSA) is 33.0 Å². The van der Waals surface area contributed by atoms with Gasteiger partial charge in [0.1, 0.15) is 11.8 Å². The zero-order valence-electron chi connectivity index (χ0n) is 14.4. The van der Waals surface area contributed by atoms with Crippen LogP contribution in [0, 0.1) is 18.3 Å². The summed E-state index contributed by atoms with van der Waals surface area (Å²) < 4.78 is 5.33. The summed E-state index contributed by atoms with van der Waals surface area (Å²) in [7, 11) is 1.66. The van der Waals surface area contributed by atoms with Crippen molar-refractivity contribution in [1.82, 2.24) is 0 Å². The maximum absolute atomic E-state index is 9.93. The Labute approximate surface area is 148 Å². The predicted molar refractivity (Wildman–Crippen MR) is 102 cm³/mol. The van der Waals surface area contributed by atoms with Crippen molar-refractivity contribution >= 4 is 11.1 Å². The number of hydrogen-bond acceptors (Lipinski definition) is 2. The minimum atomic E-state index is 0.667. The van der Waals surface area contributed by atoms with Gasteiger partial charge in [-0.1, -0.05) is 66.7 Å². The molecule has 0 saturated heterocycles.